The molecule has 0 bridgehead atoms. The van der Waals surface area contributed by atoms with Crippen molar-refractivity contribution in [3.05, 3.63) is 90.0 Å². The summed E-state index contributed by atoms with van der Waals surface area (Å²) in [4.78, 5) is 35.3. The molecule has 1 fully saturated rings. The molecule has 1 aromatic heterocycles. The Kier molecular flexibility index (Phi) is 9.15. The molecule has 15 heteroatoms. The topological polar surface area (TPSA) is 123 Å². The number of benzene rings is 3. The number of carbonyl (C=O) groups is 2. The minimum Gasteiger partial charge on any atom is -0.406 e. The first-order chi connectivity index (χ1) is 21.1. The number of hydrogen-bond acceptors (Lipinski definition) is 8. The van der Waals surface area contributed by atoms with Gasteiger partial charge in [-0.25, -0.2) is 14.5 Å². The van der Waals surface area contributed by atoms with Crippen LogP contribution < -0.4 is 20.3 Å². The van der Waals surface area contributed by atoms with E-state index in [1.54, 1.807) is 31.4 Å². The molecule has 0 saturated carbocycles. The van der Waals surface area contributed by atoms with Gasteiger partial charge < -0.3 is 20.1 Å². The summed E-state index contributed by atoms with van der Waals surface area (Å²) in [6, 6.07) is 17.2. The average molecular weight is 626 g/mol. The van der Waals surface area contributed by atoms with Crippen LogP contribution in [0.15, 0.2) is 78.0 Å². The lowest BCUT2D eigenvalue weighted by Crippen LogP contribution is -2.31. The van der Waals surface area contributed by atoms with E-state index >= 15 is 0 Å². The van der Waals surface area contributed by atoms with Crippen molar-refractivity contribution >= 4 is 45.9 Å². The summed E-state index contributed by atoms with van der Waals surface area (Å²) in [6.07, 6.45) is -3.31. The monoisotopic (exact) mass is 625 g/mol. The van der Waals surface area contributed by atoms with Crippen LogP contribution >= 0.6 is 11.8 Å². The smallest absolute Gasteiger partial charge is 0.406 e. The first-order valence-corrected chi connectivity index (χ1v) is 14.1. The van der Waals surface area contributed by atoms with Gasteiger partial charge in [0.2, 0.25) is 5.91 Å². The average Bonchev–Trinajstić information content (AvgIpc) is 3.60. The number of anilines is 3. The van der Waals surface area contributed by atoms with Crippen LogP contribution in [0.3, 0.4) is 0 Å². The number of aryl methyl sites for hydroxylation is 1. The molecule has 1 aliphatic heterocycles. The molecule has 2 heterocycles. The number of carbonyl (C=O) groups excluding carboxylic acids is 2. The summed E-state index contributed by atoms with van der Waals surface area (Å²) < 4.78 is 47.7. The fourth-order valence-corrected chi connectivity index (χ4v) is 5.09. The molecule has 2 N–H and O–H groups in total. The zero-order chi connectivity index (χ0) is 31.3. The molecule has 1 aliphatic rings. The number of aromatic nitrogens is 3. The maximum absolute atomic E-state index is 12.8. The Morgan fingerprint density at radius 1 is 1.07 bits per heavy atom. The van der Waals surface area contributed by atoms with Crippen LogP contribution in [-0.2, 0) is 22.7 Å². The van der Waals surface area contributed by atoms with Crippen LogP contribution in [0.25, 0.3) is 5.69 Å². The molecule has 1 saturated heterocycles. The number of methoxy groups -OCH3 is 1. The molecule has 4 aromatic rings. The minimum atomic E-state index is -4.76. The van der Waals surface area contributed by atoms with Gasteiger partial charge in [0.15, 0.2) is 11.0 Å². The number of nitrogens with one attached hydrogen (secondary N) is 2. The number of hydrogen-bond donors (Lipinski definition) is 2. The zero-order valence-electron chi connectivity index (χ0n) is 23.5. The number of rotatable bonds is 9. The summed E-state index contributed by atoms with van der Waals surface area (Å²) in [5, 5.41) is 10.5. The number of ether oxygens (including phenoxy) is 2. The van der Waals surface area contributed by atoms with Gasteiger partial charge in [0, 0.05) is 24.0 Å². The highest BCUT2D eigenvalue weighted by Crippen LogP contribution is 2.31. The lowest BCUT2D eigenvalue weighted by atomic mass is 10.1. The summed E-state index contributed by atoms with van der Waals surface area (Å²) in [7, 11) is 1.57. The quantitative estimate of drug-likeness (QED) is 0.236. The highest BCUT2D eigenvalue weighted by Gasteiger charge is 2.32. The number of halogens is 3. The molecule has 228 valence electrons. The number of urea groups is 1. The van der Waals surface area contributed by atoms with Crippen molar-refractivity contribution in [2.45, 2.75) is 26.4 Å². The Labute approximate surface area is 254 Å². The van der Waals surface area contributed by atoms with Gasteiger partial charge in [-0.05, 0) is 67.1 Å². The van der Waals surface area contributed by atoms with Gasteiger partial charge in [-0.2, -0.15) is 4.99 Å². The van der Waals surface area contributed by atoms with Crippen molar-refractivity contribution in [3.8, 4) is 11.4 Å². The van der Waals surface area contributed by atoms with E-state index in [4.69, 9.17) is 4.74 Å². The van der Waals surface area contributed by atoms with E-state index in [1.807, 2.05) is 25.1 Å². The molecule has 11 nitrogen and oxygen atoms in total. The van der Waals surface area contributed by atoms with Gasteiger partial charge >= 0.3 is 12.4 Å². The molecular weight excluding hydrogens is 599 g/mol. The second-order valence-corrected chi connectivity index (χ2v) is 10.4. The van der Waals surface area contributed by atoms with Crippen LogP contribution in [0.5, 0.6) is 5.75 Å². The molecule has 3 aromatic carbocycles. The fraction of sp³-hybridized carbons (Fsp3) is 0.207. The largest absolute Gasteiger partial charge is 0.573 e. The fourth-order valence-electron chi connectivity index (χ4n) is 4.24. The minimum absolute atomic E-state index is 0.170. The van der Waals surface area contributed by atoms with Gasteiger partial charge in [-0.1, -0.05) is 23.9 Å². The van der Waals surface area contributed by atoms with E-state index in [-0.39, 0.29) is 29.1 Å². The molecule has 0 radical (unpaired) electrons. The number of aliphatic imine (C=N–C) groups is 1. The van der Waals surface area contributed by atoms with E-state index in [0.29, 0.717) is 29.5 Å². The summed E-state index contributed by atoms with van der Waals surface area (Å²) >= 11 is 1.19. The second kappa shape index (κ2) is 13.2. The van der Waals surface area contributed by atoms with Gasteiger partial charge in [-0.3, -0.25) is 9.69 Å². The van der Waals surface area contributed by atoms with E-state index in [9.17, 15) is 22.8 Å². The van der Waals surface area contributed by atoms with E-state index in [0.717, 1.165) is 16.8 Å². The predicted octanol–water partition coefficient (Wildman–Crippen LogP) is 5.90. The predicted molar refractivity (Wildman–Crippen MR) is 160 cm³/mol. The molecular formula is C29H26F3N7O4S. The number of amides is 3. The second-order valence-electron chi connectivity index (χ2n) is 9.49. The van der Waals surface area contributed by atoms with Gasteiger partial charge in [0.05, 0.1) is 30.3 Å². The van der Waals surface area contributed by atoms with Crippen LogP contribution in [0.2, 0.25) is 0 Å². The van der Waals surface area contributed by atoms with Crippen LogP contribution in [0, 0.1) is 6.92 Å². The highest BCUT2D eigenvalue weighted by molar-refractivity contribution is 8.15. The first kappa shape index (κ1) is 30.6. The summed E-state index contributed by atoms with van der Waals surface area (Å²) in [5.41, 5.74) is 4.14. The van der Waals surface area contributed by atoms with E-state index in [2.05, 4.69) is 30.4 Å². The zero-order valence-corrected chi connectivity index (χ0v) is 24.3. The molecule has 0 unspecified atom stereocenters. The van der Waals surface area contributed by atoms with Crippen LogP contribution in [0.1, 0.15) is 17.0 Å². The van der Waals surface area contributed by atoms with Gasteiger partial charge in [0.1, 0.15) is 12.1 Å². The Morgan fingerprint density at radius 2 is 1.80 bits per heavy atom. The maximum Gasteiger partial charge on any atom is 0.573 e. The lowest BCUT2D eigenvalue weighted by Gasteiger charge is -2.20. The first-order valence-electron chi connectivity index (χ1n) is 13.1. The number of nitrogens with zero attached hydrogens (tertiary/aromatic N) is 5. The van der Waals surface area contributed by atoms with Gasteiger partial charge in [-0.15, -0.1) is 18.3 Å². The molecule has 0 aliphatic carbocycles. The molecule has 0 spiro atoms. The van der Waals surface area contributed by atoms with Crippen LogP contribution in [0.4, 0.5) is 35.0 Å². The summed E-state index contributed by atoms with van der Waals surface area (Å²) in [6.45, 7) is 2.49. The third-order valence-electron chi connectivity index (χ3n) is 6.21. The normalized spacial score (nSPS) is 14.2. The SMILES string of the molecule is COCc1ccc(C)cc1N1C(=O)CSC1=NC(=O)Nc1ccc(NCc2ncn(-c3ccc(OC(F)(F)F)cc3)n2)cc1. The van der Waals surface area contributed by atoms with Crippen LogP contribution in [-0.4, -0.2) is 51.1 Å². The molecule has 0 atom stereocenters. The molecule has 3 amide bonds. The Balaban J connectivity index is 1.17. The number of alkyl halides is 3. The Bertz CT molecular complexity index is 1680. The Morgan fingerprint density at radius 3 is 2.50 bits per heavy atom. The summed E-state index contributed by atoms with van der Waals surface area (Å²) in [5.74, 6) is 0.115. The Hall–Kier alpha value is -4.89. The maximum atomic E-state index is 12.8. The van der Waals surface area contributed by atoms with Gasteiger partial charge in [0.25, 0.3) is 0 Å². The standard InChI is InChI=1S/C29H26F3N7O4S/c1-18-3-4-19(15-42-2)24(13-18)39-26(40)16-44-28(39)36-27(41)35-21-7-5-20(6-8-21)33-14-25-34-17-38(37-25)22-9-11-23(12-10-22)43-29(30,31)32/h3-13,17,33H,14-16H2,1-2H3,(H,35,41). The van der Waals surface area contributed by atoms with E-state index < -0.39 is 12.4 Å². The van der Waals surface area contributed by atoms with Crippen molar-refractivity contribution in [2.75, 3.05) is 28.4 Å². The highest BCUT2D eigenvalue weighted by atomic mass is 32.2. The van der Waals surface area contributed by atoms with Crippen molar-refractivity contribution in [1.82, 2.24) is 14.8 Å². The third-order valence-corrected chi connectivity index (χ3v) is 7.13. The van der Waals surface area contributed by atoms with Crippen molar-refractivity contribution in [1.29, 1.82) is 0 Å². The third kappa shape index (κ3) is 7.73. The molecule has 5 rings (SSSR count). The van der Waals surface area contributed by atoms with Crippen molar-refractivity contribution in [2.24, 2.45) is 4.99 Å². The van der Waals surface area contributed by atoms with Crippen molar-refractivity contribution < 1.29 is 32.2 Å². The number of amidine groups is 1. The molecule has 44 heavy (non-hydrogen) atoms. The number of thioether (sulfide) groups is 1. The van der Waals surface area contributed by atoms with E-state index in [1.165, 1.54) is 51.9 Å². The van der Waals surface area contributed by atoms with Crippen molar-refractivity contribution in [3.63, 3.8) is 0 Å². The lowest BCUT2D eigenvalue weighted by molar-refractivity contribution is -0.274.